The number of nitrogens with one attached hydrogen (secondary N) is 1. The van der Waals surface area contributed by atoms with E-state index in [0.717, 1.165) is 31.6 Å². The second-order valence-electron chi connectivity index (χ2n) is 4.98. The predicted octanol–water partition coefficient (Wildman–Crippen LogP) is 1.23. The number of hydrogen-bond acceptors (Lipinski definition) is 3. The second-order valence-corrected chi connectivity index (χ2v) is 4.98. The molecule has 4 nitrogen and oxygen atoms in total. The van der Waals surface area contributed by atoms with Crippen molar-refractivity contribution in [3.63, 3.8) is 0 Å². The van der Waals surface area contributed by atoms with Gasteiger partial charge in [-0.25, -0.2) is 8.78 Å². The Morgan fingerprint density at radius 3 is 2.89 bits per heavy atom. The van der Waals surface area contributed by atoms with Crippen LogP contribution in [-0.2, 0) is 0 Å². The minimum atomic E-state index is -0.873. The number of rotatable bonds is 3. The summed E-state index contributed by atoms with van der Waals surface area (Å²) in [5.41, 5.74) is 4.59. The number of nitrogen functional groups attached to an aromatic ring is 1. The van der Waals surface area contributed by atoms with Crippen molar-refractivity contribution >= 4 is 11.6 Å². The zero-order chi connectivity index (χ0) is 14.0. The lowest BCUT2D eigenvalue weighted by Gasteiger charge is -2.12. The molecule has 1 aliphatic rings. The van der Waals surface area contributed by atoms with Crippen LogP contribution in [0.1, 0.15) is 16.8 Å². The van der Waals surface area contributed by atoms with E-state index >= 15 is 0 Å². The number of nitrogens with two attached hydrogens (primary N) is 1. The summed E-state index contributed by atoms with van der Waals surface area (Å²) in [6.07, 6.45) is 0.991. The lowest BCUT2D eigenvalue weighted by Crippen LogP contribution is -2.31. The summed E-state index contributed by atoms with van der Waals surface area (Å²) in [6.45, 7) is 2.34. The molecule has 0 spiro atoms. The van der Waals surface area contributed by atoms with Crippen molar-refractivity contribution in [3.8, 4) is 0 Å². The molecule has 1 fully saturated rings. The molecule has 0 saturated carbocycles. The molecule has 1 aliphatic heterocycles. The van der Waals surface area contributed by atoms with E-state index in [1.165, 1.54) is 0 Å². The quantitative estimate of drug-likeness (QED) is 0.811. The topological polar surface area (TPSA) is 58.4 Å². The number of carbonyl (C=O) groups excluding carboxylic acids is 1. The Labute approximate surface area is 110 Å². The Bertz CT molecular complexity index is 493. The van der Waals surface area contributed by atoms with E-state index in [1.807, 2.05) is 7.05 Å². The first kappa shape index (κ1) is 13.7. The first-order valence-electron chi connectivity index (χ1n) is 6.18. The van der Waals surface area contributed by atoms with Gasteiger partial charge in [0.25, 0.3) is 5.91 Å². The van der Waals surface area contributed by atoms with Crippen molar-refractivity contribution in [2.75, 3.05) is 32.4 Å². The van der Waals surface area contributed by atoms with E-state index in [1.54, 1.807) is 0 Å². The Morgan fingerprint density at radius 1 is 1.53 bits per heavy atom. The van der Waals surface area contributed by atoms with E-state index in [4.69, 9.17) is 5.73 Å². The van der Waals surface area contributed by atoms with Crippen molar-refractivity contribution < 1.29 is 13.6 Å². The molecule has 1 aromatic rings. The third kappa shape index (κ3) is 3.20. The molecule has 3 N–H and O–H groups in total. The number of halogens is 2. The van der Waals surface area contributed by atoms with Crippen LogP contribution in [-0.4, -0.2) is 37.5 Å². The van der Waals surface area contributed by atoms with Crippen LogP contribution < -0.4 is 11.1 Å². The number of amides is 1. The number of hydrogen-bond donors (Lipinski definition) is 2. The average Bonchev–Trinajstić information content (AvgIpc) is 2.76. The minimum absolute atomic E-state index is 0.344. The van der Waals surface area contributed by atoms with E-state index in [2.05, 4.69) is 10.2 Å². The molecule has 1 atom stereocenters. The van der Waals surface area contributed by atoms with Gasteiger partial charge in [-0.1, -0.05) is 0 Å². The van der Waals surface area contributed by atoms with Crippen LogP contribution in [0.2, 0.25) is 0 Å². The maximum absolute atomic E-state index is 13.6. The summed E-state index contributed by atoms with van der Waals surface area (Å²) >= 11 is 0. The predicted molar refractivity (Wildman–Crippen MR) is 68.7 cm³/mol. The Balaban J connectivity index is 2.00. The molecule has 1 amide bonds. The zero-order valence-corrected chi connectivity index (χ0v) is 10.7. The SMILES string of the molecule is CN1CCC(CNC(=O)c2cc(F)cc(N)c2F)C1. The highest BCUT2D eigenvalue weighted by atomic mass is 19.1. The number of carbonyl (C=O) groups is 1. The van der Waals surface area contributed by atoms with Crippen molar-refractivity contribution in [2.45, 2.75) is 6.42 Å². The number of likely N-dealkylation sites (tertiary alicyclic amines) is 1. The third-order valence-corrected chi connectivity index (χ3v) is 3.35. The van der Waals surface area contributed by atoms with Crippen molar-refractivity contribution in [3.05, 3.63) is 29.3 Å². The molecule has 1 saturated heterocycles. The smallest absolute Gasteiger partial charge is 0.254 e. The lowest BCUT2D eigenvalue weighted by molar-refractivity contribution is 0.0943. The summed E-state index contributed by atoms with van der Waals surface area (Å²) in [4.78, 5) is 14.0. The van der Waals surface area contributed by atoms with Gasteiger partial charge < -0.3 is 16.0 Å². The molecule has 1 unspecified atom stereocenters. The van der Waals surface area contributed by atoms with Gasteiger partial charge in [0.2, 0.25) is 0 Å². The highest BCUT2D eigenvalue weighted by Crippen LogP contribution is 2.18. The van der Waals surface area contributed by atoms with Crippen LogP contribution in [0, 0.1) is 17.6 Å². The van der Waals surface area contributed by atoms with E-state index in [0.29, 0.717) is 12.5 Å². The van der Waals surface area contributed by atoms with Gasteiger partial charge in [-0.3, -0.25) is 4.79 Å². The van der Waals surface area contributed by atoms with Crippen molar-refractivity contribution in [1.82, 2.24) is 10.2 Å². The van der Waals surface area contributed by atoms with Crippen LogP contribution in [0.3, 0.4) is 0 Å². The lowest BCUT2D eigenvalue weighted by atomic mass is 10.1. The summed E-state index contributed by atoms with van der Waals surface area (Å²) in [6, 6.07) is 1.72. The highest BCUT2D eigenvalue weighted by Gasteiger charge is 2.21. The molecule has 0 aliphatic carbocycles. The summed E-state index contributed by atoms with van der Waals surface area (Å²) in [5, 5.41) is 2.63. The fourth-order valence-corrected chi connectivity index (χ4v) is 2.30. The van der Waals surface area contributed by atoms with Gasteiger partial charge in [-0.05, 0) is 38.1 Å². The summed E-state index contributed by atoms with van der Waals surface area (Å²) < 4.78 is 26.8. The van der Waals surface area contributed by atoms with Crippen molar-refractivity contribution in [1.29, 1.82) is 0 Å². The first-order chi connectivity index (χ1) is 8.97. The fourth-order valence-electron chi connectivity index (χ4n) is 2.30. The van der Waals surface area contributed by atoms with Crippen molar-refractivity contribution in [2.24, 2.45) is 5.92 Å². The molecule has 0 radical (unpaired) electrons. The maximum Gasteiger partial charge on any atom is 0.254 e. The zero-order valence-electron chi connectivity index (χ0n) is 10.7. The maximum atomic E-state index is 13.6. The van der Waals surface area contributed by atoms with Gasteiger partial charge in [0.1, 0.15) is 5.82 Å². The Kier molecular flexibility index (Phi) is 3.99. The van der Waals surface area contributed by atoms with Crippen LogP contribution in [0.4, 0.5) is 14.5 Å². The minimum Gasteiger partial charge on any atom is -0.396 e. The molecule has 104 valence electrons. The van der Waals surface area contributed by atoms with Crippen LogP contribution in [0.25, 0.3) is 0 Å². The molecule has 1 aromatic carbocycles. The molecular formula is C13H17F2N3O. The van der Waals surface area contributed by atoms with Gasteiger partial charge in [0, 0.05) is 13.1 Å². The van der Waals surface area contributed by atoms with E-state index in [-0.39, 0.29) is 11.3 Å². The Morgan fingerprint density at radius 2 is 2.26 bits per heavy atom. The molecule has 0 bridgehead atoms. The molecule has 2 rings (SSSR count). The molecule has 19 heavy (non-hydrogen) atoms. The molecular weight excluding hydrogens is 252 g/mol. The monoisotopic (exact) mass is 269 g/mol. The molecule has 1 heterocycles. The van der Waals surface area contributed by atoms with Crippen LogP contribution >= 0.6 is 0 Å². The van der Waals surface area contributed by atoms with Gasteiger partial charge in [0.15, 0.2) is 5.82 Å². The second kappa shape index (κ2) is 5.52. The molecule has 0 aromatic heterocycles. The van der Waals surface area contributed by atoms with E-state index in [9.17, 15) is 13.6 Å². The Hall–Kier alpha value is -1.69. The van der Waals surface area contributed by atoms with E-state index < -0.39 is 17.5 Å². The van der Waals surface area contributed by atoms with Crippen LogP contribution in [0.15, 0.2) is 12.1 Å². The summed E-state index contributed by atoms with van der Waals surface area (Å²) in [7, 11) is 2.01. The van der Waals surface area contributed by atoms with Crippen LogP contribution in [0.5, 0.6) is 0 Å². The summed E-state index contributed by atoms with van der Waals surface area (Å²) in [5.74, 6) is -1.87. The average molecular weight is 269 g/mol. The number of benzene rings is 1. The highest BCUT2D eigenvalue weighted by molar-refractivity contribution is 5.95. The van der Waals surface area contributed by atoms with Gasteiger partial charge in [0.05, 0.1) is 11.3 Å². The normalized spacial score (nSPS) is 19.6. The number of anilines is 1. The van der Waals surface area contributed by atoms with Gasteiger partial charge in [-0.2, -0.15) is 0 Å². The standard InChI is InChI=1S/C13H17F2N3O/c1-18-3-2-8(7-18)6-17-13(19)10-4-9(14)5-11(16)12(10)15/h4-5,8H,2-3,6-7,16H2,1H3,(H,17,19). The first-order valence-corrected chi connectivity index (χ1v) is 6.18. The molecule has 6 heteroatoms. The van der Waals surface area contributed by atoms with Gasteiger partial charge in [-0.15, -0.1) is 0 Å². The largest absolute Gasteiger partial charge is 0.396 e. The number of nitrogens with zero attached hydrogens (tertiary/aromatic N) is 1. The van der Waals surface area contributed by atoms with Gasteiger partial charge >= 0.3 is 0 Å². The fraction of sp³-hybridized carbons (Fsp3) is 0.462. The third-order valence-electron chi connectivity index (χ3n) is 3.35.